The summed E-state index contributed by atoms with van der Waals surface area (Å²) in [7, 11) is 0. The van der Waals surface area contributed by atoms with Crippen LogP contribution in [0.4, 0.5) is 0 Å². The Kier molecular flexibility index (Phi) is 7.75. The molecule has 30 heavy (non-hydrogen) atoms. The second-order valence-corrected chi connectivity index (χ2v) is 8.59. The van der Waals surface area contributed by atoms with Gasteiger partial charge in [-0.15, -0.1) is 0 Å². The number of hydrogen-bond acceptors (Lipinski definition) is 3. The first-order valence-corrected chi connectivity index (χ1v) is 10.8. The summed E-state index contributed by atoms with van der Waals surface area (Å²) < 4.78 is 5.64. The van der Waals surface area contributed by atoms with Crippen LogP contribution in [0.3, 0.4) is 0 Å². The van der Waals surface area contributed by atoms with Gasteiger partial charge in [0.25, 0.3) is 5.91 Å². The number of amides is 2. The summed E-state index contributed by atoms with van der Waals surface area (Å²) in [4.78, 5) is 27.3. The SMILES string of the molecule is CC(C)OCc1cccc(CNC(=O)C2CCCN2C(=O)c2cc(Cl)cc(Cl)c2)c1. The monoisotopic (exact) mass is 448 g/mol. The Morgan fingerprint density at radius 2 is 1.83 bits per heavy atom. The van der Waals surface area contributed by atoms with Gasteiger partial charge in [-0.1, -0.05) is 47.5 Å². The highest BCUT2D eigenvalue weighted by molar-refractivity contribution is 6.35. The molecule has 1 fully saturated rings. The van der Waals surface area contributed by atoms with Crippen molar-refractivity contribution in [2.75, 3.05) is 6.54 Å². The minimum Gasteiger partial charge on any atom is -0.374 e. The Bertz CT molecular complexity index is 897. The highest BCUT2D eigenvalue weighted by Crippen LogP contribution is 2.24. The predicted octanol–water partition coefficient (Wildman–Crippen LogP) is 4.84. The number of halogens is 2. The third kappa shape index (κ3) is 5.97. The molecular weight excluding hydrogens is 423 g/mol. The second kappa shape index (κ2) is 10.3. The number of hydrogen-bond donors (Lipinski definition) is 1. The molecule has 2 amide bonds. The molecule has 1 heterocycles. The molecule has 1 atom stereocenters. The first-order chi connectivity index (χ1) is 14.3. The molecule has 1 aliphatic heterocycles. The van der Waals surface area contributed by atoms with Crippen LogP contribution >= 0.6 is 23.2 Å². The van der Waals surface area contributed by atoms with E-state index >= 15 is 0 Å². The normalized spacial score (nSPS) is 16.2. The molecule has 1 saturated heterocycles. The van der Waals surface area contributed by atoms with E-state index in [4.69, 9.17) is 27.9 Å². The first-order valence-electron chi connectivity index (χ1n) is 10.1. The van der Waals surface area contributed by atoms with Gasteiger partial charge in [-0.25, -0.2) is 0 Å². The number of benzene rings is 2. The zero-order valence-corrected chi connectivity index (χ0v) is 18.7. The largest absolute Gasteiger partial charge is 0.374 e. The van der Waals surface area contributed by atoms with Crippen LogP contribution in [0.1, 0.15) is 48.2 Å². The Morgan fingerprint density at radius 1 is 1.13 bits per heavy atom. The van der Waals surface area contributed by atoms with E-state index in [9.17, 15) is 9.59 Å². The number of likely N-dealkylation sites (tertiary alicyclic amines) is 1. The maximum absolute atomic E-state index is 12.9. The number of ether oxygens (including phenoxy) is 1. The van der Waals surface area contributed by atoms with Crippen molar-refractivity contribution in [2.24, 2.45) is 0 Å². The molecule has 1 aliphatic rings. The van der Waals surface area contributed by atoms with Gasteiger partial charge in [-0.2, -0.15) is 0 Å². The summed E-state index contributed by atoms with van der Waals surface area (Å²) in [6.45, 7) is 5.46. The fourth-order valence-electron chi connectivity index (χ4n) is 3.52. The molecule has 0 aromatic heterocycles. The van der Waals surface area contributed by atoms with E-state index in [1.54, 1.807) is 23.1 Å². The fraction of sp³-hybridized carbons (Fsp3) is 0.391. The van der Waals surface area contributed by atoms with Gasteiger partial charge in [-0.3, -0.25) is 9.59 Å². The summed E-state index contributed by atoms with van der Waals surface area (Å²) in [5, 5.41) is 3.76. The summed E-state index contributed by atoms with van der Waals surface area (Å²) in [5.41, 5.74) is 2.45. The van der Waals surface area contributed by atoms with Gasteiger partial charge in [0.1, 0.15) is 6.04 Å². The minimum atomic E-state index is -0.497. The lowest BCUT2D eigenvalue weighted by Crippen LogP contribution is -2.45. The van der Waals surface area contributed by atoms with E-state index in [1.165, 1.54) is 0 Å². The molecule has 2 aromatic carbocycles. The van der Waals surface area contributed by atoms with Gasteiger partial charge in [0.15, 0.2) is 0 Å². The van der Waals surface area contributed by atoms with Crippen molar-refractivity contribution in [1.82, 2.24) is 10.2 Å². The minimum absolute atomic E-state index is 0.155. The van der Waals surface area contributed by atoms with E-state index in [1.807, 2.05) is 38.1 Å². The van der Waals surface area contributed by atoms with Crippen LogP contribution < -0.4 is 5.32 Å². The van der Waals surface area contributed by atoms with Gasteiger partial charge in [0.05, 0.1) is 12.7 Å². The van der Waals surface area contributed by atoms with E-state index < -0.39 is 6.04 Å². The third-order valence-corrected chi connectivity index (χ3v) is 5.40. The van der Waals surface area contributed by atoms with Crippen molar-refractivity contribution in [3.63, 3.8) is 0 Å². The van der Waals surface area contributed by atoms with Crippen LogP contribution in [-0.2, 0) is 22.7 Å². The molecule has 2 aromatic rings. The molecule has 0 saturated carbocycles. The van der Waals surface area contributed by atoms with Crippen molar-refractivity contribution in [2.45, 2.75) is 52.0 Å². The quantitative estimate of drug-likeness (QED) is 0.658. The highest BCUT2D eigenvalue weighted by Gasteiger charge is 2.34. The highest BCUT2D eigenvalue weighted by atomic mass is 35.5. The zero-order chi connectivity index (χ0) is 21.7. The van der Waals surface area contributed by atoms with Crippen molar-refractivity contribution < 1.29 is 14.3 Å². The van der Waals surface area contributed by atoms with Crippen molar-refractivity contribution in [3.05, 3.63) is 69.2 Å². The van der Waals surface area contributed by atoms with E-state index in [-0.39, 0.29) is 17.9 Å². The molecule has 1 unspecified atom stereocenters. The van der Waals surface area contributed by atoms with Gasteiger partial charge in [0, 0.05) is 28.7 Å². The lowest BCUT2D eigenvalue weighted by molar-refractivity contribution is -0.125. The Hall–Kier alpha value is -2.08. The van der Waals surface area contributed by atoms with Gasteiger partial charge in [0.2, 0.25) is 5.91 Å². The van der Waals surface area contributed by atoms with Crippen LogP contribution in [0.25, 0.3) is 0 Å². The molecule has 3 rings (SSSR count). The molecule has 1 N–H and O–H groups in total. The van der Waals surface area contributed by atoms with Crippen LogP contribution in [0.15, 0.2) is 42.5 Å². The molecule has 0 bridgehead atoms. The lowest BCUT2D eigenvalue weighted by Gasteiger charge is -2.24. The smallest absolute Gasteiger partial charge is 0.254 e. The van der Waals surface area contributed by atoms with Crippen molar-refractivity contribution in [3.8, 4) is 0 Å². The maximum Gasteiger partial charge on any atom is 0.254 e. The molecular formula is C23H26Cl2N2O3. The van der Waals surface area contributed by atoms with Crippen molar-refractivity contribution in [1.29, 1.82) is 0 Å². The lowest BCUT2D eigenvalue weighted by atomic mass is 10.1. The number of nitrogens with one attached hydrogen (secondary N) is 1. The van der Waals surface area contributed by atoms with Gasteiger partial charge in [-0.05, 0) is 56.0 Å². The Morgan fingerprint density at radius 3 is 2.53 bits per heavy atom. The third-order valence-electron chi connectivity index (χ3n) is 4.97. The number of rotatable bonds is 7. The van der Waals surface area contributed by atoms with Gasteiger partial charge >= 0.3 is 0 Å². The van der Waals surface area contributed by atoms with E-state index in [0.29, 0.717) is 41.7 Å². The zero-order valence-electron chi connectivity index (χ0n) is 17.2. The van der Waals surface area contributed by atoms with E-state index in [0.717, 1.165) is 17.5 Å². The van der Waals surface area contributed by atoms with Gasteiger partial charge < -0.3 is 15.0 Å². The molecule has 0 spiro atoms. The fourth-order valence-corrected chi connectivity index (χ4v) is 4.05. The molecule has 0 aliphatic carbocycles. The molecule has 7 heteroatoms. The Labute approximate surface area is 187 Å². The number of nitrogens with zero attached hydrogens (tertiary/aromatic N) is 1. The van der Waals surface area contributed by atoms with Crippen molar-refractivity contribution >= 4 is 35.0 Å². The summed E-state index contributed by atoms with van der Waals surface area (Å²) in [5.74, 6) is -0.386. The van der Waals surface area contributed by atoms with E-state index in [2.05, 4.69) is 5.32 Å². The van der Waals surface area contributed by atoms with Crippen LogP contribution in [0, 0.1) is 0 Å². The maximum atomic E-state index is 12.9. The molecule has 160 valence electrons. The summed E-state index contributed by atoms with van der Waals surface area (Å²) in [6, 6.07) is 12.2. The second-order valence-electron chi connectivity index (χ2n) is 7.71. The summed E-state index contributed by atoms with van der Waals surface area (Å²) >= 11 is 12.1. The molecule has 5 nitrogen and oxygen atoms in total. The molecule has 0 radical (unpaired) electrons. The number of carbonyl (C=O) groups excluding carboxylic acids is 2. The topological polar surface area (TPSA) is 58.6 Å². The Balaban J connectivity index is 1.62. The van der Waals surface area contributed by atoms with Crippen LogP contribution in [-0.4, -0.2) is 35.4 Å². The first kappa shape index (κ1) is 22.6. The van der Waals surface area contributed by atoms with Crippen LogP contribution in [0.2, 0.25) is 10.0 Å². The average Bonchev–Trinajstić information content (AvgIpc) is 3.19. The summed E-state index contributed by atoms with van der Waals surface area (Å²) in [6.07, 6.45) is 1.57. The number of carbonyl (C=O) groups is 2. The standard InChI is InChI=1S/C23H26Cl2N2O3/c1-15(2)30-14-17-6-3-5-16(9-17)13-26-22(28)21-7-4-8-27(21)23(29)18-10-19(24)12-20(25)11-18/h3,5-6,9-12,15,21H,4,7-8,13-14H2,1-2H3,(H,26,28). The predicted molar refractivity (Wildman–Crippen MR) is 119 cm³/mol. The average molecular weight is 449 g/mol. The van der Waals surface area contributed by atoms with Crippen LogP contribution in [0.5, 0.6) is 0 Å².